The Hall–Kier alpha value is -1.59. The van der Waals surface area contributed by atoms with Crippen molar-refractivity contribution in [3.05, 3.63) is 0 Å². The second-order valence-corrected chi connectivity index (χ2v) is 3.51. The Labute approximate surface area is 80.1 Å². The Kier molecular flexibility index (Phi) is 1.90. The molecule has 1 N–H and O–H groups in total. The fourth-order valence-electron chi connectivity index (χ4n) is 1.96. The summed E-state index contributed by atoms with van der Waals surface area (Å²) in [7, 11) is 0. The number of carboxylic acids is 1. The number of carboxylic acid groups (broad SMARTS) is 1. The molecule has 1 unspecified atom stereocenters. The van der Waals surface area contributed by atoms with Crippen LogP contribution in [0.25, 0.3) is 0 Å². The van der Waals surface area contributed by atoms with Crippen molar-refractivity contribution in [2.75, 3.05) is 13.1 Å². The van der Waals surface area contributed by atoms with Crippen LogP contribution in [-0.2, 0) is 9.59 Å². The third-order valence-electron chi connectivity index (χ3n) is 2.56. The van der Waals surface area contributed by atoms with Gasteiger partial charge in [0.15, 0.2) is 0 Å². The van der Waals surface area contributed by atoms with E-state index in [9.17, 15) is 14.4 Å². The minimum Gasteiger partial charge on any atom is -0.480 e. The first-order valence-electron chi connectivity index (χ1n) is 4.42. The van der Waals surface area contributed by atoms with Crippen molar-refractivity contribution >= 4 is 17.9 Å². The maximum atomic E-state index is 11.5. The average Bonchev–Trinajstić information content (AvgIpc) is 2.57. The first-order chi connectivity index (χ1) is 6.59. The highest BCUT2D eigenvalue weighted by Gasteiger charge is 2.45. The number of carbonyl (C=O) groups is 3. The predicted molar refractivity (Wildman–Crippen MR) is 44.5 cm³/mol. The van der Waals surface area contributed by atoms with Gasteiger partial charge in [-0.25, -0.2) is 4.79 Å². The van der Waals surface area contributed by atoms with Crippen LogP contribution in [0.1, 0.15) is 12.8 Å². The fraction of sp³-hybridized carbons (Fsp3) is 0.625. The van der Waals surface area contributed by atoms with E-state index >= 15 is 0 Å². The van der Waals surface area contributed by atoms with E-state index in [4.69, 9.17) is 5.11 Å². The number of aliphatic carboxylic acids is 1. The standard InChI is InChI=1S/C8H10N2O4/c11-6-2-1-5-3-9(4-7(12)13)8(14)10(5)6/h5H,1-4H2,(H,12,13). The zero-order valence-electron chi connectivity index (χ0n) is 7.47. The van der Waals surface area contributed by atoms with Gasteiger partial charge in [0, 0.05) is 13.0 Å². The SMILES string of the molecule is O=C(O)CN1CC2CCC(=O)N2C1=O. The normalized spacial score (nSPS) is 25.9. The van der Waals surface area contributed by atoms with Crippen molar-refractivity contribution in [2.24, 2.45) is 0 Å². The minimum absolute atomic E-state index is 0.102. The van der Waals surface area contributed by atoms with E-state index in [0.717, 1.165) is 0 Å². The van der Waals surface area contributed by atoms with Gasteiger partial charge in [-0.2, -0.15) is 0 Å². The van der Waals surface area contributed by atoms with Crippen molar-refractivity contribution in [2.45, 2.75) is 18.9 Å². The van der Waals surface area contributed by atoms with Gasteiger partial charge in [0.1, 0.15) is 6.54 Å². The third-order valence-corrected chi connectivity index (χ3v) is 2.56. The first kappa shape index (κ1) is 8.98. The van der Waals surface area contributed by atoms with Gasteiger partial charge in [-0.3, -0.25) is 14.5 Å². The number of nitrogens with zero attached hydrogens (tertiary/aromatic N) is 2. The Bertz CT molecular complexity index is 314. The maximum Gasteiger partial charge on any atom is 0.327 e. The van der Waals surface area contributed by atoms with Crippen molar-refractivity contribution in [1.82, 2.24) is 9.80 Å². The molecule has 0 aromatic carbocycles. The van der Waals surface area contributed by atoms with Crippen molar-refractivity contribution in [1.29, 1.82) is 0 Å². The molecule has 2 heterocycles. The number of amides is 3. The van der Waals surface area contributed by atoms with Crippen LogP contribution in [0.4, 0.5) is 4.79 Å². The molecular weight excluding hydrogens is 188 g/mol. The van der Waals surface area contributed by atoms with E-state index in [2.05, 4.69) is 0 Å². The summed E-state index contributed by atoms with van der Waals surface area (Å²) < 4.78 is 0. The van der Waals surface area contributed by atoms with Crippen molar-refractivity contribution < 1.29 is 19.5 Å². The lowest BCUT2D eigenvalue weighted by molar-refractivity contribution is -0.137. The second-order valence-electron chi connectivity index (χ2n) is 3.51. The molecule has 2 saturated heterocycles. The lowest BCUT2D eigenvalue weighted by Crippen LogP contribution is -2.37. The van der Waals surface area contributed by atoms with Gasteiger partial charge in [-0.05, 0) is 6.42 Å². The quantitative estimate of drug-likeness (QED) is 0.648. The van der Waals surface area contributed by atoms with Gasteiger partial charge < -0.3 is 10.0 Å². The molecule has 76 valence electrons. The Morgan fingerprint density at radius 1 is 1.50 bits per heavy atom. The van der Waals surface area contributed by atoms with Gasteiger partial charge in [0.25, 0.3) is 0 Å². The summed E-state index contributed by atoms with van der Waals surface area (Å²) in [6, 6.07) is -0.561. The van der Waals surface area contributed by atoms with Gasteiger partial charge in [0.2, 0.25) is 5.91 Å². The van der Waals surface area contributed by atoms with Crippen LogP contribution in [-0.4, -0.2) is 51.9 Å². The molecule has 2 aliphatic rings. The Balaban J connectivity index is 2.10. The summed E-state index contributed by atoms with van der Waals surface area (Å²) in [4.78, 5) is 35.5. The third kappa shape index (κ3) is 1.23. The number of fused-ring (bicyclic) bond motifs is 1. The molecule has 0 aliphatic carbocycles. The number of hydrogen-bond donors (Lipinski definition) is 1. The molecule has 0 aromatic heterocycles. The lowest BCUT2D eigenvalue weighted by atomic mass is 10.2. The summed E-state index contributed by atoms with van der Waals surface area (Å²) in [5.41, 5.74) is 0. The Morgan fingerprint density at radius 2 is 2.21 bits per heavy atom. The van der Waals surface area contributed by atoms with Crippen LogP contribution < -0.4 is 0 Å². The zero-order chi connectivity index (χ0) is 10.3. The molecule has 2 aliphatic heterocycles. The topological polar surface area (TPSA) is 77.9 Å². The zero-order valence-corrected chi connectivity index (χ0v) is 7.47. The number of carbonyl (C=O) groups excluding carboxylic acids is 2. The molecule has 2 rings (SSSR count). The smallest absolute Gasteiger partial charge is 0.327 e. The van der Waals surface area contributed by atoms with Crippen LogP contribution in [0.3, 0.4) is 0 Å². The predicted octanol–water partition coefficient (Wildman–Crippen LogP) is -0.502. The van der Waals surface area contributed by atoms with Crippen LogP contribution >= 0.6 is 0 Å². The van der Waals surface area contributed by atoms with E-state index in [0.29, 0.717) is 19.4 Å². The summed E-state index contributed by atoms with van der Waals surface area (Å²) >= 11 is 0. The molecule has 3 amide bonds. The van der Waals surface area contributed by atoms with E-state index in [1.54, 1.807) is 0 Å². The van der Waals surface area contributed by atoms with E-state index in [1.165, 1.54) is 9.80 Å². The number of imide groups is 1. The monoisotopic (exact) mass is 198 g/mol. The molecular formula is C8H10N2O4. The summed E-state index contributed by atoms with van der Waals surface area (Å²) in [6.45, 7) is 0.0377. The number of rotatable bonds is 2. The largest absolute Gasteiger partial charge is 0.480 e. The molecule has 14 heavy (non-hydrogen) atoms. The second kappa shape index (κ2) is 2.97. The van der Waals surface area contributed by atoms with E-state index < -0.39 is 12.0 Å². The Morgan fingerprint density at radius 3 is 2.79 bits per heavy atom. The molecule has 0 saturated carbocycles. The van der Waals surface area contributed by atoms with E-state index in [1.807, 2.05) is 0 Å². The lowest BCUT2D eigenvalue weighted by Gasteiger charge is -2.13. The molecule has 6 nitrogen and oxygen atoms in total. The highest BCUT2D eigenvalue weighted by molar-refractivity contribution is 5.99. The van der Waals surface area contributed by atoms with Gasteiger partial charge in [-0.1, -0.05) is 0 Å². The summed E-state index contributed by atoms with van der Waals surface area (Å²) in [5, 5.41) is 8.52. The average molecular weight is 198 g/mol. The maximum absolute atomic E-state index is 11.5. The molecule has 0 spiro atoms. The van der Waals surface area contributed by atoms with Crippen LogP contribution in [0, 0.1) is 0 Å². The first-order valence-corrected chi connectivity index (χ1v) is 4.42. The summed E-state index contributed by atoms with van der Waals surface area (Å²) in [5.74, 6) is -1.24. The molecule has 0 aromatic rings. The highest BCUT2D eigenvalue weighted by Crippen LogP contribution is 2.26. The van der Waals surface area contributed by atoms with E-state index in [-0.39, 0.29) is 18.5 Å². The van der Waals surface area contributed by atoms with Crippen molar-refractivity contribution in [3.63, 3.8) is 0 Å². The molecule has 0 radical (unpaired) electrons. The highest BCUT2D eigenvalue weighted by atomic mass is 16.4. The van der Waals surface area contributed by atoms with Crippen LogP contribution in [0.5, 0.6) is 0 Å². The minimum atomic E-state index is -1.05. The molecule has 1 atom stereocenters. The van der Waals surface area contributed by atoms with Crippen LogP contribution in [0.2, 0.25) is 0 Å². The molecule has 2 fully saturated rings. The number of urea groups is 1. The van der Waals surface area contributed by atoms with Gasteiger partial charge in [-0.15, -0.1) is 0 Å². The van der Waals surface area contributed by atoms with Gasteiger partial charge in [0.05, 0.1) is 6.04 Å². The molecule has 0 bridgehead atoms. The fourth-order valence-corrected chi connectivity index (χ4v) is 1.96. The molecule has 6 heteroatoms. The van der Waals surface area contributed by atoms with Crippen LogP contribution in [0.15, 0.2) is 0 Å². The number of hydrogen-bond acceptors (Lipinski definition) is 3. The summed E-state index contributed by atoms with van der Waals surface area (Å²) in [6.07, 6.45) is 1.05. The van der Waals surface area contributed by atoms with Crippen molar-refractivity contribution in [3.8, 4) is 0 Å². The van der Waals surface area contributed by atoms with Gasteiger partial charge >= 0.3 is 12.0 Å².